The van der Waals surface area contributed by atoms with Crippen molar-refractivity contribution >= 4 is 5.97 Å². The van der Waals surface area contributed by atoms with Crippen molar-refractivity contribution in [3.05, 3.63) is 0 Å². The monoisotopic (exact) mass is 203 g/mol. The van der Waals surface area contributed by atoms with Gasteiger partial charge in [-0.2, -0.15) is 0 Å². The van der Waals surface area contributed by atoms with Crippen LogP contribution in [0.15, 0.2) is 0 Å². The lowest BCUT2D eigenvalue weighted by Crippen LogP contribution is -2.43. The second-order valence-electron chi connectivity index (χ2n) is 4.16. The number of carbonyl (C=O) groups is 1. The molecular weight excluding hydrogens is 182 g/mol. The predicted octanol–water partition coefficient (Wildman–Crippen LogP) is 0.546. The molecule has 1 unspecified atom stereocenters. The maximum atomic E-state index is 11.1. The molecular formula is C10H21NO3. The first-order valence-corrected chi connectivity index (χ1v) is 4.86. The maximum Gasteiger partial charge on any atom is 0.309 e. The van der Waals surface area contributed by atoms with Crippen molar-refractivity contribution in [2.24, 2.45) is 5.92 Å². The third kappa shape index (κ3) is 5.19. The lowest BCUT2D eigenvalue weighted by atomic mass is 10.00. The second-order valence-corrected chi connectivity index (χ2v) is 4.16. The molecule has 2 N–H and O–H groups in total. The Morgan fingerprint density at radius 2 is 2.14 bits per heavy atom. The highest BCUT2D eigenvalue weighted by molar-refractivity contribution is 5.72. The highest BCUT2D eigenvalue weighted by atomic mass is 16.5. The van der Waals surface area contributed by atoms with Crippen LogP contribution in [0.2, 0.25) is 0 Å². The van der Waals surface area contributed by atoms with E-state index in [0.717, 1.165) is 0 Å². The van der Waals surface area contributed by atoms with Gasteiger partial charge in [-0.15, -0.1) is 0 Å². The van der Waals surface area contributed by atoms with Crippen LogP contribution in [0, 0.1) is 5.92 Å². The number of esters is 1. The average molecular weight is 203 g/mol. The van der Waals surface area contributed by atoms with Crippen molar-refractivity contribution < 1.29 is 14.6 Å². The highest BCUT2D eigenvalue weighted by Gasteiger charge is 2.20. The van der Waals surface area contributed by atoms with Gasteiger partial charge in [-0.25, -0.2) is 0 Å². The summed E-state index contributed by atoms with van der Waals surface area (Å²) in [5.41, 5.74) is -0.142. The minimum absolute atomic E-state index is 0.142. The van der Waals surface area contributed by atoms with Gasteiger partial charge in [-0.1, -0.05) is 6.92 Å². The van der Waals surface area contributed by atoms with Crippen LogP contribution >= 0.6 is 0 Å². The van der Waals surface area contributed by atoms with Gasteiger partial charge in [0.2, 0.25) is 0 Å². The van der Waals surface area contributed by atoms with Crippen molar-refractivity contribution in [2.45, 2.75) is 32.7 Å². The summed E-state index contributed by atoms with van der Waals surface area (Å²) in [6.45, 7) is 6.51. The molecule has 0 bridgehead atoms. The van der Waals surface area contributed by atoms with Gasteiger partial charge < -0.3 is 15.2 Å². The van der Waals surface area contributed by atoms with E-state index in [-0.39, 0.29) is 24.0 Å². The Hall–Kier alpha value is -0.610. The Bertz CT molecular complexity index is 180. The van der Waals surface area contributed by atoms with Crippen molar-refractivity contribution in [1.82, 2.24) is 5.32 Å². The Labute approximate surface area is 85.6 Å². The molecule has 0 radical (unpaired) electrons. The van der Waals surface area contributed by atoms with Gasteiger partial charge in [0.15, 0.2) is 0 Å². The molecule has 0 aliphatic heterocycles. The molecule has 0 saturated carbocycles. The molecule has 0 aromatic rings. The molecule has 0 aromatic heterocycles. The van der Waals surface area contributed by atoms with Crippen molar-refractivity contribution in [1.29, 1.82) is 0 Å². The number of nitrogens with one attached hydrogen (secondary N) is 1. The second kappa shape index (κ2) is 5.98. The minimum atomic E-state index is -0.211. The van der Waals surface area contributed by atoms with Crippen LogP contribution in [0.5, 0.6) is 0 Å². The van der Waals surface area contributed by atoms with Gasteiger partial charge in [0, 0.05) is 18.7 Å². The zero-order chi connectivity index (χ0) is 11.2. The number of hydrogen-bond donors (Lipinski definition) is 2. The molecule has 4 nitrogen and oxygen atoms in total. The summed E-state index contributed by atoms with van der Waals surface area (Å²) in [6, 6.07) is 0. The van der Waals surface area contributed by atoms with Crippen LogP contribution in [0.4, 0.5) is 0 Å². The zero-order valence-corrected chi connectivity index (χ0v) is 9.46. The molecule has 1 atom stereocenters. The summed E-state index contributed by atoms with van der Waals surface area (Å²) in [7, 11) is 1.39. The molecule has 0 fully saturated rings. The molecule has 0 aliphatic carbocycles. The number of aliphatic hydroxyl groups is 1. The topological polar surface area (TPSA) is 58.6 Å². The first-order valence-electron chi connectivity index (χ1n) is 4.86. The van der Waals surface area contributed by atoms with Crippen LogP contribution in [0.1, 0.15) is 27.2 Å². The number of aliphatic hydroxyl groups excluding tert-OH is 1. The smallest absolute Gasteiger partial charge is 0.309 e. The SMILES string of the molecule is COC(=O)C(C)CNC(C)(C)CCO. The predicted molar refractivity (Wildman–Crippen MR) is 55.0 cm³/mol. The Morgan fingerprint density at radius 3 is 2.57 bits per heavy atom. The van der Waals surface area contributed by atoms with E-state index >= 15 is 0 Å². The standard InChI is InChI=1S/C10H21NO3/c1-8(9(13)14-4)7-11-10(2,3)5-6-12/h8,11-12H,5-7H2,1-4H3. The summed E-state index contributed by atoms with van der Waals surface area (Å²) >= 11 is 0. The number of rotatable bonds is 6. The van der Waals surface area contributed by atoms with Crippen LogP contribution in [-0.4, -0.2) is 36.9 Å². The van der Waals surface area contributed by atoms with Crippen molar-refractivity contribution in [3.8, 4) is 0 Å². The van der Waals surface area contributed by atoms with E-state index in [1.165, 1.54) is 7.11 Å². The van der Waals surface area contributed by atoms with E-state index in [1.54, 1.807) is 0 Å². The lowest BCUT2D eigenvalue weighted by molar-refractivity contribution is -0.144. The fourth-order valence-corrected chi connectivity index (χ4v) is 1.08. The molecule has 0 heterocycles. The fourth-order valence-electron chi connectivity index (χ4n) is 1.08. The molecule has 84 valence electrons. The summed E-state index contributed by atoms with van der Waals surface area (Å²) in [6.07, 6.45) is 0.668. The average Bonchev–Trinajstić information content (AvgIpc) is 2.13. The van der Waals surface area contributed by atoms with Crippen LogP contribution < -0.4 is 5.32 Å². The zero-order valence-electron chi connectivity index (χ0n) is 9.46. The van der Waals surface area contributed by atoms with Crippen molar-refractivity contribution in [2.75, 3.05) is 20.3 Å². The van der Waals surface area contributed by atoms with Crippen LogP contribution in [0.3, 0.4) is 0 Å². The number of carbonyl (C=O) groups excluding carboxylic acids is 1. The first-order chi connectivity index (χ1) is 6.43. The van der Waals surface area contributed by atoms with E-state index in [2.05, 4.69) is 10.1 Å². The van der Waals surface area contributed by atoms with Gasteiger partial charge in [0.25, 0.3) is 0 Å². The maximum absolute atomic E-state index is 11.1. The van der Waals surface area contributed by atoms with E-state index < -0.39 is 0 Å². The summed E-state index contributed by atoms with van der Waals surface area (Å²) in [4.78, 5) is 11.1. The van der Waals surface area contributed by atoms with Gasteiger partial charge in [0.1, 0.15) is 0 Å². The number of ether oxygens (including phenoxy) is 1. The largest absolute Gasteiger partial charge is 0.469 e. The third-order valence-corrected chi connectivity index (χ3v) is 2.23. The molecule has 0 aliphatic rings. The van der Waals surface area contributed by atoms with Gasteiger partial charge in [-0.3, -0.25) is 4.79 Å². The Kier molecular flexibility index (Phi) is 5.72. The Morgan fingerprint density at radius 1 is 1.57 bits per heavy atom. The molecule has 0 rings (SSSR count). The molecule has 0 amide bonds. The summed E-state index contributed by atoms with van der Waals surface area (Å²) in [5, 5.41) is 12.0. The van der Waals surface area contributed by atoms with E-state index in [0.29, 0.717) is 13.0 Å². The summed E-state index contributed by atoms with van der Waals surface area (Å²) in [5.74, 6) is -0.365. The van der Waals surface area contributed by atoms with Crippen molar-refractivity contribution in [3.63, 3.8) is 0 Å². The molecule has 4 heteroatoms. The molecule has 0 aromatic carbocycles. The molecule has 0 saturated heterocycles. The number of hydrogen-bond acceptors (Lipinski definition) is 4. The van der Waals surface area contributed by atoms with Gasteiger partial charge in [0.05, 0.1) is 13.0 Å². The van der Waals surface area contributed by atoms with Crippen LogP contribution in [0.25, 0.3) is 0 Å². The molecule has 0 spiro atoms. The number of methoxy groups -OCH3 is 1. The van der Waals surface area contributed by atoms with Gasteiger partial charge in [-0.05, 0) is 20.3 Å². The quantitative estimate of drug-likeness (QED) is 0.619. The highest BCUT2D eigenvalue weighted by Crippen LogP contribution is 2.08. The van der Waals surface area contributed by atoms with Gasteiger partial charge >= 0.3 is 5.97 Å². The van der Waals surface area contributed by atoms with Crippen LogP contribution in [-0.2, 0) is 9.53 Å². The minimum Gasteiger partial charge on any atom is -0.469 e. The van der Waals surface area contributed by atoms with E-state index in [1.807, 2.05) is 20.8 Å². The third-order valence-electron chi connectivity index (χ3n) is 2.23. The Balaban J connectivity index is 3.86. The summed E-state index contributed by atoms with van der Waals surface area (Å²) < 4.78 is 4.61. The lowest BCUT2D eigenvalue weighted by Gasteiger charge is -2.26. The fraction of sp³-hybridized carbons (Fsp3) is 0.900. The first kappa shape index (κ1) is 13.4. The molecule has 14 heavy (non-hydrogen) atoms. The van der Waals surface area contributed by atoms with E-state index in [4.69, 9.17) is 5.11 Å². The van der Waals surface area contributed by atoms with E-state index in [9.17, 15) is 4.79 Å². The normalized spacial score (nSPS) is 13.8.